The summed E-state index contributed by atoms with van der Waals surface area (Å²) in [4.78, 5) is 28.8. The van der Waals surface area contributed by atoms with Crippen LogP contribution in [0.3, 0.4) is 0 Å². The van der Waals surface area contributed by atoms with Crippen molar-refractivity contribution in [3.63, 3.8) is 0 Å². The molecule has 1 saturated heterocycles. The number of hydrogen-bond acceptors (Lipinski definition) is 7. The zero-order valence-electron chi connectivity index (χ0n) is 21.1. The SMILES string of the molecule is N=C(N)c1ccc(CNC(=O)CCC(=O)[C@@H](CC2CCN(C(=N)N)CC2)NS(=O)(=O)Cc2ccccc2)s1. The first kappa shape index (κ1) is 29.3. The van der Waals surface area contributed by atoms with Crippen molar-refractivity contribution in [1.29, 1.82) is 10.8 Å². The van der Waals surface area contributed by atoms with E-state index in [2.05, 4.69) is 10.0 Å². The predicted molar refractivity (Wildman–Crippen MR) is 148 cm³/mol. The molecule has 1 aliphatic heterocycles. The highest BCUT2D eigenvalue weighted by molar-refractivity contribution is 7.88. The Bertz CT molecular complexity index is 1240. The van der Waals surface area contributed by atoms with E-state index in [0.29, 0.717) is 42.8 Å². The van der Waals surface area contributed by atoms with Crippen molar-refractivity contribution in [2.75, 3.05) is 13.1 Å². The van der Waals surface area contributed by atoms with E-state index in [1.807, 2.05) is 0 Å². The van der Waals surface area contributed by atoms with Gasteiger partial charge in [-0.1, -0.05) is 30.3 Å². The number of rotatable bonds is 13. The van der Waals surface area contributed by atoms with Crippen molar-refractivity contribution in [2.24, 2.45) is 17.4 Å². The number of carbonyl (C=O) groups excluding carboxylic acids is 2. The molecule has 0 bridgehead atoms. The van der Waals surface area contributed by atoms with Crippen LogP contribution in [0.2, 0.25) is 0 Å². The van der Waals surface area contributed by atoms with Gasteiger partial charge in [0.25, 0.3) is 0 Å². The van der Waals surface area contributed by atoms with Gasteiger partial charge in [0.2, 0.25) is 15.9 Å². The molecule has 0 spiro atoms. The Hall–Kier alpha value is -3.29. The molecule has 1 aliphatic rings. The number of carbonyl (C=O) groups is 2. The molecule has 1 amide bonds. The number of nitrogens with one attached hydrogen (secondary N) is 4. The van der Waals surface area contributed by atoms with Crippen LogP contribution in [0.25, 0.3) is 0 Å². The van der Waals surface area contributed by atoms with E-state index >= 15 is 0 Å². The number of benzene rings is 1. The third-order valence-corrected chi connectivity index (χ3v) is 8.90. The van der Waals surface area contributed by atoms with Gasteiger partial charge in [-0.05, 0) is 42.9 Å². The average Bonchev–Trinajstić information content (AvgIpc) is 3.36. The zero-order chi connectivity index (χ0) is 27.7. The highest BCUT2D eigenvalue weighted by Crippen LogP contribution is 2.23. The number of amides is 1. The number of nitrogens with two attached hydrogens (primary N) is 2. The van der Waals surface area contributed by atoms with Gasteiger partial charge in [-0.15, -0.1) is 11.3 Å². The molecular formula is C25H35N7O4S2. The number of Topliss-reactive ketones (excluding diaryl/α,β-unsaturated/α-hetero) is 1. The van der Waals surface area contributed by atoms with Crippen molar-refractivity contribution in [2.45, 2.75) is 50.4 Å². The molecule has 2 aromatic rings. The van der Waals surface area contributed by atoms with Crippen molar-refractivity contribution < 1.29 is 18.0 Å². The summed E-state index contributed by atoms with van der Waals surface area (Å²) in [7, 11) is -3.81. The quantitative estimate of drug-likeness (QED) is 0.157. The van der Waals surface area contributed by atoms with E-state index < -0.39 is 16.1 Å². The Morgan fingerprint density at radius 2 is 1.74 bits per heavy atom. The van der Waals surface area contributed by atoms with Gasteiger partial charge >= 0.3 is 0 Å². The number of likely N-dealkylation sites (tertiary alicyclic amines) is 1. The summed E-state index contributed by atoms with van der Waals surface area (Å²) in [5, 5.41) is 17.8. The van der Waals surface area contributed by atoms with E-state index in [-0.39, 0.29) is 54.5 Å². The smallest absolute Gasteiger partial charge is 0.220 e. The molecule has 0 radical (unpaired) electrons. The molecule has 3 rings (SSSR count). The first-order chi connectivity index (χ1) is 18.0. The summed E-state index contributed by atoms with van der Waals surface area (Å²) in [5.41, 5.74) is 11.7. The minimum Gasteiger partial charge on any atom is -0.383 e. The highest BCUT2D eigenvalue weighted by atomic mass is 32.2. The van der Waals surface area contributed by atoms with E-state index in [4.69, 9.17) is 22.3 Å². The third kappa shape index (κ3) is 9.23. The first-order valence-corrected chi connectivity index (χ1v) is 14.8. The van der Waals surface area contributed by atoms with E-state index in [1.165, 1.54) is 11.3 Å². The van der Waals surface area contributed by atoms with E-state index in [9.17, 15) is 18.0 Å². The molecule has 0 unspecified atom stereocenters. The predicted octanol–water partition coefficient (Wildman–Crippen LogP) is 1.48. The fourth-order valence-electron chi connectivity index (χ4n) is 4.34. The normalized spacial score (nSPS) is 15.1. The second-order valence-electron chi connectivity index (χ2n) is 9.39. The van der Waals surface area contributed by atoms with Crippen molar-refractivity contribution in [3.8, 4) is 0 Å². The van der Waals surface area contributed by atoms with Gasteiger partial charge in [-0.3, -0.25) is 20.4 Å². The highest BCUT2D eigenvalue weighted by Gasteiger charge is 2.30. The Morgan fingerprint density at radius 3 is 2.34 bits per heavy atom. The Balaban J connectivity index is 1.59. The summed E-state index contributed by atoms with van der Waals surface area (Å²) < 4.78 is 28.5. The summed E-state index contributed by atoms with van der Waals surface area (Å²) in [5.74, 6) is -0.847. The summed E-state index contributed by atoms with van der Waals surface area (Å²) in [6.45, 7) is 1.41. The topological polar surface area (TPSA) is 195 Å². The van der Waals surface area contributed by atoms with Crippen molar-refractivity contribution in [3.05, 3.63) is 57.8 Å². The summed E-state index contributed by atoms with van der Waals surface area (Å²) >= 11 is 1.31. The lowest BCUT2D eigenvalue weighted by molar-refractivity contribution is -0.126. The van der Waals surface area contributed by atoms with Gasteiger partial charge < -0.3 is 21.7 Å². The van der Waals surface area contributed by atoms with Crippen LogP contribution >= 0.6 is 11.3 Å². The molecule has 1 aromatic carbocycles. The van der Waals surface area contributed by atoms with Gasteiger partial charge in [-0.2, -0.15) is 0 Å². The minimum absolute atomic E-state index is 0.00529. The molecule has 0 aliphatic carbocycles. The number of nitrogens with zero attached hydrogens (tertiary/aromatic N) is 1. The van der Waals surface area contributed by atoms with Crippen molar-refractivity contribution in [1.82, 2.24) is 14.9 Å². The molecule has 0 saturated carbocycles. The Labute approximate surface area is 227 Å². The fourth-order valence-corrected chi connectivity index (χ4v) is 6.53. The lowest BCUT2D eigenvalue weighted by atomic mass is 9.88. The number of sulfonamides is 1. The standard InChI is InChI=1S/C25H35N7O4S2/c26-24(27)22-8-6-19(37-22)15-30-23(34)9-7-21(33)20(14-17-10-12-32(13-11-17)25(28)29)31-38(35,36)16-18-4-2-1-3-5-18/h1-6,8,17,20,31H,7,9-16H2,(H3,26,27)(H3,28,29)(H,30,34)/t20-/m1/s1. The summed E-state index contributed by atoms with van der Waals surface area (Å²) in [6, 6.07) is 11.3. The van der Waals surface area contributed by atoms with Crippen LogP contribution in [0.1, 0.15) is 47.4 Å². The monoisotopic (exact) mass is 561 g/mol. The van der Waals surface area contributed by atoms with Crippen LogP contribution in [0, 0.1) is 16.7 Å². The molecule has 1 atom stereocenters. The van der Waals surface area contributed by atoms with Crippen LogP contribution < -0.4 is 21.5 Å². The molecule has 206 valence electrons. The molecule has 38 heavy (non-hydrogen) atoms. The second-order valence-corrected chi connectivity index (χ2v) is 12.3. The fraction of sp³-hybridized carbons (Fsp3) is 0.440. The number of hydrogen-bond donors (Lipinski definition) is 6. The van der Waals surface area contributed by atoms with Gasteiger partial charge in [0.1, 0.15) is 5.84 Å². The number of thiophene rings is 1. The lowest BCUT2D eigenvalue weighted by Gasteiger charge is -2.33. The minimum atomic E-state index is -3.81. The van der Waals surface area contributed by atoms with Crippen LogP contribution in [0.5, 0.6) is 0 Å². The Morgan fingerprint density at radius 1 is 1.05 bits per heavy atom. The number of guanidine groups is 1. The average molecular weight is 562 g/mol. The van der Waals surface area contributed by atoms with Gasteiger partial charge in [0.05, 0.1) is 23.2 Å². The Kier molecular flexibility index (Phi) is 10.4. The maximum atomic E-state index is 13.2. The second kappa shape index (κ2) is 13.5. The molecule has 13 heteroatoms. The summed E-state index contributed by atoms with van der Waals surface area (Å²) in [6.07, 6.45) is 1.53. The van der Waals surface area contributed by atoms with Crippen LogP contribution in [-0.2, 0) is 31.9 Å². The third-order valence-electron chi connectivity index (χ3n) is 6.42. The van der Waals surface area contributed by atoms with Crippen molar-refractivity contribution >= 4 is 44.8 Å². The number of ketones is 1. The number of amidine groups is 1. The number of piperidine rings is 1. The van der Waals surface area contributed by atoms with Crippen LogP contribution in [0.4, 0.5) is 0 Å². The number of nitrogen functional groups attached to an aromatic ring is 1. The van der Waals surface area contributed by atoms with Crippen LogP contribution in [-0.4, -0.2) is 55.9 Å². The molecule has 8 N–H and O–H groups in total. The van der Waals surface area contributed by atoms with Gasteiger partial charge in [-0.25, -0.2) is 13.1 Å². The van der Waals surface area contributed by atoms with Gasteiger partial charge in [0, 0.05) is 30.8 Å². The molecule has 2 heterocycles. The lowest BCUT2D eigenvalue weighted by Crippen LogP contribution is -2.46. The molecule has 1 aromatic heterocycles. The van der Waals surface area contributed by atoms with Gasteiger partial charge in [0.15, 0.2) is 11.7 Å². The zero-order valence-corrected chi connectivity index (χ0v) is 22.7. The van der Waals surface area contributed by atoms with E-state index in [1.54, 1.807) is 47.4 Å². The van der Waals surface area contributed by atoms with E-state index in [0.717, 1.165) is 4.88 Å². The largest absolute Gasteiger partial charge is 0.383 e. The van der Waals surface area contributed by atoms with Crippen LogP contribution in [0.15, 0.2) is 42.5 Å². The molecular weight excluding hydrogens is 526 g/mol. The molecule has 1 fully saturated rings. The first-order valence-electron chi connectivity index (χ1n) is 12.4. The maximum Gasteiger partial charge on any atom is 0.220 e. The molecule has 11 nitrogen and oxygen atoms in total. The maximum absolute atomic E-state index is 13.2.